The summed E-state index contributed by atoms with van der Waals surface area (Å²) in [5.74, 6) is -0.0114. The van der Waals surface area contributed by atoms with Crippen molar-refractivity contribution in [2.75, 3.05) is 27.1 Å². The van der Waals surface area contributed by atoms with Crippen LogP contribution in [0.3, 0.4) is 0 Å². The van der Waals surface area contributed by atoms with Gasteiger partial charge in [0.2, 0.25) is 0 Å². The fourth-order valence-electron chi connectivity index (χ4n) is 1.40. The molecule has 1 fully saturated rings. The van der Waals surface area contributed by atoms with Crippen molar-refractivity contribution in [1.29, 1.82) is 0 Å². The Kier molecular flexibility index (Phi) is 3.67. The molecule has 1 rings (SSSR count). The maximum Gasteiger partial charge on any atom is 0.532 e. The van der Waals surface area contributed by atoms with Crippen LogP contribution in [0.5, 0.6) is 0 Å². The van der Waals surface area contributed by atoms with Gasteiger partial charge in [-0.15, -0.1) is 0 Å². The van der Waals surface area contributed by atoms with Gasteiger partial charge in [0.05, 0.1) is 5.75 Å². The van der Waals surface area contributed by atoms with Crippen LogP contribution in [-0.4, -0.2) is 50.0 Å². The highest BCUT2D eigenvalue weighted by Crippen LogP contribution is 2.26. The Morgan fingerprint density at radius 2 is 1.71 bits per heavy atom. The summed E-state index contributed by atoms with van der Waals surface area (Å²) < 4.78 is 42.3. The van der Waals surface area contributed by atoms with Crippen LogP contribution >= 0.6 is 0 Å². The van der Waals surface area contributed by atoms with Crippen molar-refractivity contribution in [3.63, 3.8) is 0 Å². The molecule has 0 amide bonds. The predicted molar refractivity (Wildman–Crippen MR) is 50.1 cm³/mol. The summed E-state index contributed by atoms with van der Waals surface area (Å²) in [5.41, 5.74) is -0.618. The van der Waals surface area contributed by atoms with Crippen LogP contribution in [0.25, 0.3) is 0 Å². The highest BCUT2D eigenvalue weighted by Gasteiger charge is 2.53. The maximum atomic E-state index is 11.1. The topological polar surface area (TPSA) is 71.1 Å². The van der Waals surface area contributed by atoms with Crippen molar-refractivity contribution in [3.8, 4) is 0 Å². The molecule has 0 spiro atoms. The summed E-state index contributed by atoms with van der Waals surface area (Å²) in [4.78, 5) is 0. The highest BCUT2D eigenvalue weighted by molar-refractivity contribution is 7.87. The van der Waals surface area contributed by atoms with Gasteiger partial charge < -0.3 is 13.3 Å². The molecule has 1 aliphatic heterocycles. The first-order valence-electron chi connectivity index (χ1n) is 4.06. The standard InChI is InChI=1S/C6H14O6SSi/c1-9-14(10-2,11-3)6-4-5-13(7,8)12-6/h6H,4-5H2,1-3H3. The molecule has 0 aromatic heterocycles. The first-order valence-corrected chi connectivity index (χ1v) is 7.44. The third kappa shape index (κ3) is 2.15. The predicted octanol–water partition coefficient (Wildman–Crippen LogP) is -0.478. The molecular weight excluding hydrogens is 228 g/mol. The molecule has 0 N–H and O–H groups in total. The Morgan fingerprint density at radius 3 is 2.00 bits per heavy atom. The summed E-state index contributed by atoms with van der Waals surface area (Å²) in [6.45, 7) is 0. The summed E-state index contributed by atoms with van der Waals surface area (Å²) >= 11 is 0. The van der Waals surface area contributed by atoms with E-state index in [0.29, 0.717) is 6.42 Å². The third-order valence-electron chi connectivity index (χ3n) is 2.14. The lowest BCUT2D eigenvalue weighted by Crippen LogP contribution is -2.54. The SMILES string of the molecule is CO[Si](OC)(OC)C1CCS(=O)(=O)O1. The quantitative estimate of drug-likeness (QED) is 0.490. The normalized spacial score (nSPS) is 26.6. The molecule has 8 heteroatoms. The van der Waals surface area contributed by atoms with Crippen molar-refractivity contribution >= 4 is 18.9 Å². The van der Waals surface area contributed by atoms with Crippen molar-refractivity contribution in [2.24, 2.45) is 0 Å². The van der Waals surface area contributed by atoms with Gasteiger partial charge in [-0.2, -0.15) is 8.42 Å². The van der Waals surface area contributed by atoms with E-state index in [-0.39, 0.29) is 5.75 Å². The molecule has 6 nitrogen and oxygen atoms in total. The molecular formula is C6H14O6SSi. The minimum Gasteiger partial charge on any atom is -0.375 e. The lowest BCUT2D eigenvalue weighted by molar-refractivity contribution is 0.0756. The van der Waals surface area contributed by atoms with Crippen molar-refractivity contribution in [1.82, 2.24) is 0 Å². The van der Waals surface area contributed by atoms with E-state index in [9.17, 15) is 8.42 Å². The molecule has 0 aliphatic carbocycles. The van der Waals surface area contributed by atoms with Crippen LogP contribution < -0.4 is 0 Å². The van der Waals surface area contributed by atoms with Crippen LogP contribution in [0.1, 0.15) is 6.42 Å². The molecule has 1 atom stereocenters. The van der Waals surface area contributed by atoms with E-state index in [1.54, 1.807) is 0 Å². The smallest absolute Gasteiger partial charge is 0.375 e. The van der Waals surface area contributed by atoms with Gasteiger partial charge in [0.15, 0.2) is 0 Å². The van der Waals surface area contributed by atoms with E-state index < -0.39 is 24.6 Å². The molecule has 1 unspecified atom stereocenters. The van der Waals surface area contributed by atoms with Crippen LogP contribution in [0.4, 0.5) is 0 Å². The van der Waals surface area contributed by atoms with E-state index in [4.69, 9.17) is 17.5 Å². The van der Waals surface area contributed by atoms with E-state index in [0.717, 1.165) is 0 Å². The summed E-state index contributed by atoms with van der Waals surface area (Å²) in [5, 5.41) is 0. The van der Waals surface area contributed by atoms with E-state index in [1.165, 1.54) is 21.3 Å². The first kappa shape index (κ1) is 12.1. The van der Waals surface area contributed by atoms with E-state index in [2.05, 4.69) is 0 Å². The monoisotopic (exact) mass is 242 g/mol. The van der Waals surface area contributed by atoms with Crippen LogP contribution in [0, 0.1) is 0 Å². The lowest BCUT2D eigenvalue weighted by atomic mass is 10.5. The average Bonchev–Trinajstić information content (AvgIpc) is 2.51. The van der Waals surface area contributed by atoms with E-state index in [1.807, 2.05) is 0 Å². The fraction of sp³-hybridized carbons (Fsp3) is 1.00. The molecule has 0 saturated carbocycles. The molecule has 0 bridgehead atoms. The van der Waals surface area contributed by atoms with Gasteiger partial charge >= 0.3 is 8.80 Å². The Bertz CT molecular complexity index is 276. The fourth-order valence-corrected chi connectivity index (χ4v) is 5.36. The number of hydrogen-bond acceptors (Lipinski definition) is 6. The summed E-state index contributed by atoms with van der Waals surface area (Å²) in [7, 11) is -2.12. The summed E-state index contributed by atoms with van der Waals surface area (Å²) in [6.07, 6.45) is 0.351. The maximum absolute atomic E-state index is 11.1. The largest absolute Gasteiger partial charge is 0.532 e. The molecule has 0 aromatic rings. The van der Waals surface area contributed by atoms with Gasteiger partial charge in [-0.3, -0.25) is 4.18 Å². The zero-order valence-corrected chi connectivity index (χ0v) is 10.2. The second-order valence-electron chi connectivity index (χ2n) is 2.85. The molecule has 1 heterocycles. The van der Waals surface area contributed by atoms with Gasteiger partial charge in [-0.05, 0) is 6.42 Å². The minimum atomic E-state index is -3.41. The van der Waals surface area contributed by atoms with Gasteiger partial charge in [-0.25, -0.2) is 0 Å². The van der Waals surface area contributed by atoms with Crippen LogP contribution in [0.2, 0.25) is 0 Å². The number of hydrogen-bond donors (Lipinski definition) is 0. The zero-order valence-electron chi connectivity index (χ0n) is 8.35. The average molecular weight is 242 g/mol. The van der Waals surface area contributed by atoms with Crippen LogP contribution in [-0.2, 0) is 27.6 Å². The molecule has 84 valence electrons. The lowest BCUT2D eigenvalue weighted by Gasteiger charge is -2.27. The second kappa shape index (κ2) is 4.25. The van der Waals surface area contributed by atoms with Crippen molar-refractivity contribution in [2.45, 2.75) is 12.1 Å². The Hall–Kier alpha value is 0.00688. The van der Waals surface area contributed by atoms with Crippen molar-refractivity contribution < 1.29 is 25.9 Å². The van der Waals surface area contributed by atoms with E-state index >= 15 is 0 Å². The van der Waals surface area contributed by atoms with Crippen molar-refractivity contribution in [3.05, 3.63) is 0 Å². The molecule has 1 saturated heterocycles. The highest BCUT2D eigenvalue weighted by atomic mass is 32.2. The van der Waals surface area contributed by atoms with Gasteiger partial charge in [0.25, 0.3) is 10.1 Å². The molecule has 0 radical (unpaired) electrons. The molecule has 14 heavy (non-hydrogen) atoms. The Morgan fingerprint density at radius 1 is 1.21 bits per heavy atom. The molecule has 1 aliphatic rings. The molecule has 0 aromatic carbocycles. The van der Waals surface area contributed by atoms with Crippen LogP contribution in [0.15, 0.2) is 0 Å². The van der Waals surface area contributed by atoms with Gasteiger partial charge in [0.1, 0.15) is 5.73 Å². The number of rotatable bonds is 4. The third-order valence-corrected chi connectivity index (χ3v) is 6.48. The zero-order chi connectivity index (χ0) is 10.8. The minimum absolute atomic E-state index is 0.0114. The second-order valence-corrected chi connectivity index (χ2v) is 7.64. The Balaban J connectivity index is 2.82. The van der Waals surface area contributed by atoms with Gasteiger partial charge in [0, 0.05) is 21.3 Å². The summed E-state index contributed by atoms with van der Waals surface area (Å²) in [6, 6.07) is 0. The van der Waals surface area contributed by atoms with Gasteiger partial charge in [-0.1, -0.05) is 0 Å². The first-order chi connectivity index (χ1) is 6.49. The Labute approximate surface area is 84.6 Å².